The maximum Gasteiger partial charge on any atom is 0.188 e. The van der Waals surface area contributed by atoms with E-state index in [1.165, 1.54) is 24.8 Å². The molecule has 1 aliphatic heterocycles. The summed E-state index contributed by atoms with van der Waals surface area (Å²) in [5.41, 5.74) is 5.39. The van der Waals surface area contributed by atoms with Gasteiger partial charge in [-0.2, -0.15) is 0 Å². The molecule has 0 aromatic rings. The minimum Gasteiger partial charge on any atom is -0.344 e. The summed E-state index contributed by atoms with van der Waals surface area (Å²) >= 11 is 0. The fourth-order valence-electron chi connectivity index (χ4n) is 3.57. The zero-order valence-electron chi connectivity index (χ0n) is 14.8. The Morgan fingerprint density at radius 3 is 2.41 bits per heavy atom. The van der Waals surface area contributed by atoms with E-state index < -0.39 is 13.9 Å². The molecule has 3 aliphatic rings. The van der Waals surface area contributed by atoms with E-state index in [1.54, 1.807) is 0 Å². The van der Waals surface area contributed by atoms with E-state index in [2.05, 4.69) is 51.4 Å². The third kappa shape index (κ3) is 2.70. The van der Waals surface area contributed by atoms with Crippen LogP contribution in [-0.4, -0.2) is 27.1 Å². The van der Waals surface area contributed by atoms with Gasteiger partial charge in [0.05, 0.1) is 18.6 Å². The van der Waals surface area contributed by atoms with E-state index in [1.807, 2.05) is 0 Å². The molecule has 1 atom stereocenters. The number of fused-ring (bicyclic) bond motifs is 1. The smallest absolute Gasteiger partial charge is 0.188 e. The van der Waals surface area contributed by atoms with Crippen LogP contribution in [0.1, 0.15) is 52.9 Å². The first-order chi connectivity index (χ1) is 10.2. The van der Waals surface area contributed by atoms with Gasteiger partial charge in [-0.3, -0.25) is 0 Å². The van der Waals surface area contributed by atoms with Gasteiger partial charge >= 0.3 is 0 Å². The summed E-state index contributed by atoms with van der Waals surface area (Å²) in [7, 11) is -1.54. The maximum absolute atomic E-state index is 5.90. The minimum absolute atomic E-state index is 0.121. The first kappa shape index (κ1) is 16.3. The van der Waals surface area contributed by atoms with Crippen LogP contribution >= 0.6 is 0 Å². The summed E-state index contributed by atoms with van der Waals surface area (Å²) in [6.45, 7) is 13.3. The Balaban J connectivity index is 1.91. The molecule has 2 fully saturated rings. The molecule has 0 radical (unpaired) electrons. The molecular formula is C19H30O2Si. The Bertz CT molecular complexity index is 538. The molecule has 2 aliphatic carbocycles. The van der Waals surface area contributed by atoms with E-state index >= 15 is 0 Å². The maximum atomic E-state index is 5.90. The van der Waals surface area contributed by atoms with Gasteiger partial charge in [-0.15, -0.1) is 5.54 Å². The summed E-state index contributed by atoms with van der Waals surface area (Å²) in [6.07, 6.45) is 7.99. The van der Waals surface area contributed by atoms with Crippen LogP contribution in [0.4, 0.5) is 0 Å². The highest BCUT2D eigenvalue weighted by atomic mass is 28.3. The van der Waals surface area contributed by atoms with Gasteiger partial charge in [0.25, 0.3) is 0 Å². The lowest BCUT2D eigenvalue weighted by molar-refractivity contribution is -0.130. The van der Waals surface area contributed by atoms with Gasteiger partial charge in [0.2, 0.25) is 0 Å². The monoisotopic (exact) mass is 318 g/mol. The number of hydrogen-bond acceptors (Lipinski definition) is 2. The second kappa shape index (κ2) is 5.23. The molecule has 0 N–H and O–H groups in total. The van der Waals surface area contributed by atoms with Gasteiger partial charge in [0.1, 0.15) is 8.07 Å². The lowest BCUT2D eigenvalue weighted by Crippen LogP contribution is -2.38. The Hall–Kier alpha value is -0.563. The molecule has 1 unspecified atom stereocenters. The number of ether oxygens (including phenoxy) is 2. The van der Waals surface area contributed by atoms with Crippen molar-refractivity contribution in [2.45, 2.75) is 76.8 Å². The largest absolute Gasteiger partial charge is 0.344 e. The van der Waals surface area contributed by atoms with Crippen LogP contribution in [0.2, 0.25) is 18.1 Å². The van der Waals surface area contributed by atoms with E-state index in [0.717, 1.165) is 26.1 Å². The molecule has 1 heterocycles. The highest BCUT2D eigenvalue weighted by Crippen LogP contribution is 2.52. The van der Waals surface area contributed by atoms with E-state index in [4.69, 9.17) is 9.47 Å². The quantitative estimate of drug-likeness (QED) is 0.367. The number of rotatable bonds is 0. The highest BCUT2D eigenvalue weighted by Gasteiger charge is 2.48. The molecule has 1 spiro atoms. The van der Waals surface area contributed by atoms with E-state index in [9.17, 15) is 0 Å². The van der Waals surface area contributed by atoms with E-state index in [-0.39, 0.29) is 5.41 Å². The second-order valence-corrected chi connectivity index (χ2v) is 13.7. The topological polar surface area (TPSA) is 18.5 Å². The normalized spacial score (nSPS) is 30.7. The molecule has 1 saturated heterocycles. The number of allylic oxidation sites excluding steroid dienone is 1. The molecule has 122 valence electrons. The first-order valence-corrected chi connectivity index (χ1v) is 11.7. The SMILES string of the molecule is CC(C)(C)[Si](C)(C)C#CC12CCCC1=CC1(CC2)OCCO1. The van der Waals surface area contributed by atoms with Crippen molar-refractivity contribution in [3.63, 3.8) is 0 Å². The van der Waals surface area contributed by atoms with E-state index in [0.29, 0.717) is 5.04 Å². The Morgan fingerprint density at radius 1 is 1.09 bits per heavy atom. The van der Waals surface area contributed by atoms with Crippen LogP contribution < -0.4 is 0 Å². The molecule has 3 heteroatoms. The third-order valence-electron chi connectivity index (χ3n) is 6.22. The minimum atomic E-state index is -1.54. The van der Waals surface area contributed by atoms with Crippen LogP contribution in [-0.2, 0) is 9.47 Å². The van der Waals surface area contributed by atoms with Crippen LogP contribution in [0.15, 0.2) is 11.6 Å². The second-order valence-electron chi connectivity index (χ2n) is 8.74. The van der Waals surface area contributed by atoms with Crippen molar-refractivity contribution in [3.05, 3.63) is 11.6 Å². The van der Waals surface area contributed by atoms with Crippen LogP contribution in [0.25, 0.3) is 0 Å². The first-order valence-electron chi connectivity index (χ1n) is 8.73. The van der Waals surface area contributed by atoms with Crippen molar-refractivity contribution in [1.82, 2.24) is 0 Å². The third-order valence-corrected chi connectivity index (χ3v) is 10.7. The van der Waals surface area contributed by atoms with Gasteiger partial charge in [-0.25, -0.2) is 0 Å². The van der Waals surface area contributed by atoms with Crippen molar-refractivity contribution in [2.24, 2.45) is 5.41 Å². The molecular weight excluding hydrogens is 288 g/mol. The Morgan fingerprint density at radius 2 is 1.77 bits per heavy atom. The van der Waals surface area contributed by atoms with Gasteiger partial charge in [0.15, 0.2) is 5.79 Å². The average molecular weight is 319 g/mol. The Kier molecular flexibility index (Phi) is 3.87. The molecule has 0 bridgehead atoms. The zero-order valence-corrected chi connectivity index (χ0v) is 15.8. The van der Waals surface area contributed by atoms with Gasteiger partial charge in [-0.1, -0.05) is 45.4 Å². The van der Waals surface area contributed by atoms with Crippen molar-refractivity contribution in [2.75, 3.05) is 13.2 Å². The van der Waals surface area contributed by atoms with Gasteiger partial charge in [0, 0.05) is 6.42 Å². The summed E-state index contributed by atoms with van der Waals surface area (Å²) in [4.78, 5) is 0. The van der Waals surface area contributed by atoms with Crippen molar-refractivity contribution in [3.8, 4) is 11.5 Å². The summed E-state index contributed by atoms with van der Waals surface area (Å²) < 4.78 is 11.8. The van der Waals surface area contributed by atoms with Crippen molar-refractivity contribution < 1.29 is 9.47 Å². The summed E-state index contributed by atoms with van der Waals surface area (Å²) in [5, 5.41) is 0.326. The predicted octanol–water partition coefficient (Wildman–Crippen LogP) is 4.67. The van der Waals surface area contributed by atoms with Crippen molar-refractivity contribution >= 4 is 8.07 Å². The Labute approximate surface area is 136 Å². The lowest BCUT2D eigenvalue weighted by atomic mass is 9.73. The average Bonchev–Trinajstić information content (AvgIpc) is 3.04. The van der Waals surface area contributed by atoms with Gasteiger partial charge in [-0.05, 0) is 36.8 Å². The lowest BCUT2D eigenvalue weighted by Gasteiger charge is -2.38. The molecule has 1 saturated carbocycles. The highest BCUT2D eigenvalue weighted by molar-refractivity contribution is 6.87. The summed E-state index contributed by atoms with van der Waals surface area (Å²) in [6, 6.07) is 0. The van der Waals surface area contributed by atoms with Crippen LogP contribution in [0.3, 0.4) is 0 Å². The predicted molar refractivity (Wildman–Crippen MR) is 93.2 cm³/mol. The summed E-state index contributed by atoms with van der Waals surface area (Å²) in [5.74, 6) is 3.37. The molecule has 0 aromatic heterocycles. The van der Waals surface area contributed by atoms with Crippen molar-refractivity contribution in [1.29, 1.82) is 0 Å². The fraction of sp³-hybridized carbons (Fsp3) is 0.789. The fourth-order valence-corrected chi connectivity index (χ4v) is 4.50. The number of hydrogen-bond donors (Lipinski definition) is 0. The molecule has 0 amide bonds. The zero-order chi connectivity index (χ0) is 16.1. The van der Waals surface area contributed by atoms with Crippen LogP contribution in [0.5, 0.6) is 0 Å². The molecule has 2 nitrogen and oxygen atoms in total. The van der Waals surface area contributed by atoms with Gasteiger partial charge < -0.3 is 9.47 Å². The standard InChI is InChI=1S/C19H30O2Si/c1-17(2,3)22(4,5)14-11-18-8-6-7-16(18)15-19(10-9-18)20-12-13-21-19/h15H,6-10,12-13H2,1-5H3. The molecule has 0 aromatic carbocycles. The molecule has 3 rings (SSSR count). The van der Waals surface area contributed by atoms with Crippen LogP contribution in [0, 0.1) is 16.9 Å². The molecule has 22 heavy (non-hydrogen) atoms.